The fourth-order valence-corrected chi connectivity index (χ4v) is 4.01. The third kappa shape index (κ3) is 7.90. The second kappa shape index (κ2) is 13.1. The van der Waals surface area contributed by atoms with Crippen LogP contribution in [0.3, 0.4) is 0 Å². The maximum absolute atomic E-state index is 13.0. The topological polar surface area (TPSA) is 94.6 Å². The number of ether oxygens (including phenoxy) is 4. The summed E-state index contributed by atoms with van der Waals surface area (Å²) >= 11 is 0. The molecule has 1 aliphatic rings. The number of esters is 1. The third-order valence-corrected chi connectivity index (χ3v) is 5.94. The van der Waals surface area contributed by atoms with Crippen molar-refractivity contribution >= 4 is 23.7 Å². The van der Waals surface area contributed by atoms with Gasteiger partial charge in [0.15, 0.2) is 6.61 Å². The number of amides is 2. The maximum atomic E-state index is 13.0. The van der Waals surface area contributed by atoms with Crippen LogP contribution in [0.25, 0.3) is 0 Å². The first-order chi connectivity index (χ1) is 19.6. The Balaban J connectivity index is 1.38. The summed E-state index contributed by atoms with van der Waals surface area (Å²) in [5.41, 5.74) is 0.291. The highest BCUT2D eigenvalue weighted by Gasteiger charge is 2.31. The third-order valence-electron chi connectivity index (χ3n) is 5.94. The van der Waals surface area contributed by atoms with Crippen LogP contribution in [0.1, 0.15) is 18.1 Å². The Kier molecular flexibility index (Phi) is 9.33. The molecule has 0 radical (unpaired) electrons. The van der Waals surface area contributed by atoms with Gasteiger partial charge < -0.3 is 23.8 Å². The van der Waals surface area contributed by atoms with Crippen LogP contribution < -0.4 is 19.1 Å². The van der Waals surface area contributed by atoms with Crippen LogP contribution in [-0.2, 0) is 27.0 Å². The Hall–Kier alpha value is -4.74. The van der Waals surface area contributed by atoms with Gasteiger partial charge in [-0.1, -0.05) is 30.3 Å². The van der Waals surface area contributed by atoms with Crippen LogP contribution in [-0.4, -0.2) is 55.8 Å². The summed E-state index contributed by atoms with van der Waals surface area (Å²) in [6.07, 6.45) is -5.63. The van der Waals surface area contributed by atoms with Crippen molar-refractivity contribution in [3.05, 3.63) is 83.9 Å². The van der Waals surface area contributed by atoms with Gasteiger partial charge in [0, 0.05) is 6.54 Å². The number of hydrogen-bond donors (Lipinski definition) is 0. The van der Waals surface area contributed by atoms with E-state index in [1.165, 1.54) is 6.07 Å². The van der Waals surface area contributed by atoms with Crippen molar-refractivity contribution in [1.82, 2.24) is 4.90 Å². The lowest BCUT2D eigenvalue weighted by molar-refractivity contribution is -0.144. The van der Waals surface area contributed by atoms with Crippen LogP contribution >= 0.6 is 0 Å². The molecule has 0 aromatic heterocycles. The van der Waals surface area contributed by atoms with Gasteiger partial charge in [0.1, 0.15) is 30.4 Å². The highest BCUT2D eigenvalue weighted by molar-refractivity contribution is 5.97. The van der Waals surface area contributed by atoms with Crippen molar-refractivity contribution in [1.29, 1.82) is 0 Å². The van der Waals surface area contributed by atoms with E-state index in [9.17, 15) is 27.6 Å². The van der Waals surface area contributed by atoms with Gasteiger partial charge in [-0.15, -0.1) is 0 Å². The summed E-state index contributed by atoms with van der Waals surface area (Å²) in [4.78, 5) is 39.9. The molecular weight excluding hydrogens is 545 g/mol. The van der Waals surface area contributed by atoms with Crippen LogP contribution in [0.5, 0.6) is 17.2 Å². The summed E-state index contributed by atoms with van der Waals surface area (Å²) < 4.78 is 60.4. The molecule has 1 aliphatic heterocycles. The minimum Gasteiger partial charge on any atom is -0.492 e. The molecule has 0 atom stereocenters. The first kappa shape index (κ1) is 29.2. The number of anilines is 1. The number of nitrogens with zero attached hydrogens (tertiary/aromatic N) is 2. The average Bonchev–Trinajstić information content (AvgIpc) is 2.94. The van der Waals surface area contributed by atoms with Gasteiger partial charge in [-0.05, 0) is 55.0 Å². The molecule has 1 heterocycles. The molecule has 0 aliphatic carbocycles. The molecule has 0 N–H and O–H groups in total. The smallest absolute Gasteiger partial charge is 0.416 e. The van der Waals surface area contributed by atoms with Crippen molar-refractivity contribution in [3.8, 4) is 17.2 Å². The Bertz CT molecular complexity index is 1380. The Morgan fingerprint density at radius 3 is 2.49 bits per heavy atom. The molecule has 0 unspecified atom stereocenters. The molecule has 41 heavy (non-hydrogen) atoms. The number of para-hydroxylation sites is 2. The molecule has 216 valence electrons. The Labute approximate surface area is 234 Å². The minimum absolute atomic E-state index is 0.0514. The van der Waals surface area contributed by atoms with Gasteiger partial charge in [0.05, 0.1) is 24.4 Å². The van der Waals surface area contributed by atoms with Gasteiger partial charge in [-0.2, -0.15) is 13.2 Å². The predicted octanol–water partition coefficient (Wildman–Crippen LogP) is 5.07. The van der Waals surface area contributed by atoms with Gasteiger partial charge >= 0.3 is 18.2 Å². The number of benzene rings is 3. The maximum Gasteiger partial charge on any atom is 0.416 e. The summed E-state index contributed by atoms with van der Waals surface area (Å²) in [5, 5.41) is 0. The first-order valence-electron chi connectivity index (χ1n) is 12.7. The lowest BCUT2D eigenvalue weighted by Crippen LogP contribution is -2.41. The Morgan fingerprint density at radius 2 is 1.76 bits per heavy atom. The zero-order valence-corrected chi connectivity index (χ0v) is 22.1. The SMILES string of the molecule is CCOC(=O)CN(Cc1ccc(OCCN2C(=O)COc3ccccc32)cc1)C(=O)Oc1cccc(C(F)(F)F)c1. The van der Waals surface area contributed by atoms with Crippen LogP contribution in [0.2, 0.25) is 0 Å². The fourth-order valence-electron chi connectivity index (χ4n) is 4.01. The molecule has 2 amide bonds. The molecule has 12 heteroatoms. The lowest BCUT2D eigenvalue weighted by atomic mass is 10.2. The number of rotatable bonds is 10. The van der Waals surface area contributed by atoms with Gasteiger partial charge in [0.2, 0.25) is 0 Å². The van der Waals surface area contributed by atoms with E-state index in [1.54, 1.807) is 48.2 Å². The standard InChI is InChI=1S/C29H27F3N2O7/c1-2-38-27(36)18-33(28(37)41-23-7-5-6-21(16-23)29(30,31)32)17-20-10-12-22(13-11-20)39-15-14-34-24-8-3-4-9-25(24)40-19-26(34)35/h3-13,16H,2,14-15,17-19H2,1H3. The summed E-state index contributed by atoms with van der Waals surface area (Å²) in [6.45, 7) is 1.59. The van der Waals surface area contributed by atoms with Gasteiger partial charge in [0.25, 0.3) is 5.91 Å². The van der Waals surface area contributed by atoms with Gasteiger partial charge in [-0.3, -0.25) is 14.5 Å². The van der Waals surface area contributed by atoms with E-state index in [0.29, 0.717) is 35.4 Å². The number of halogens is 3. The lowest BCUT2D eigenvalue weighted by Gasteiger charge is -2.29. The van der Waals surface area contributed by atoms with Crippen molar-refractivity contribution < 1.29 is 46.5 Å². The molecule has 9 nitrogen and oxygen atoms in total. The van der Waals surface area contributed by atoms with Crippen molar-refractivity contribution in [3.63, 3.8) is 0 Å². The molecule has 0 spiro atoms. The molecule has 0 fully saturated rings. The van der Waals surface area contributed by atoms with E-state index in [2.05, 4.69) is 0 Å². The number of carbonyl (C=O) groups is 3. The fraction of sp³-hybridized carbons (Fsp3) is 0.276. The molecular formula is C29H27F3N2O7. The Morgan fingerprint density at radius 1 is 1.00 bits per heavy atom. The summed E-state index contributed by atoms with van der Waals surface area (Å²) in [7, 11) is 0. The molecule has 0 saturated carbocycles. The van der Waals surface area contributed by atoms with Crippen LogP contribution in [0.15, 0.2) is 72.8 Å². The molecule has 3 aromatic carbocycles. The second-order valence-electron chi connectivity index (χ2n) is 8.85. The number of alkyl halides is 3. The predicted molar refractivity (Wildman–Crippen MR) is 141 cm³/mol. The van der Waals surface area contributed by atoms with E-state index in [0.717, 1.165) is 17.0 Å². The summed E-state index contributed by atoms with van der Waals surface area (Å²) in [6, 6.07) is 17.8. The van der Waals surface area contributed by atoms with Crippen molar-refractivity contribution in [2.45, 2.75) is 19.6 Å². The zero-order chi connectivity index (χ0) is 29.4. The van der Waals surface area contributed by atoms with Crippen LogP contribution in [0, 0.1) is 0 Å². The zero-order valence-electron chi connectivity index (χ0n) is 22.1. The quantitative estimate of drug-likeness (QED) is 0.313. The largest absolute Gasteiger partial charge is 0.492 e. The van der Waals surface area contributed by atoms with E-state index in [4.69, 9.17) is 18.9 Å². The van der Waals surface area contributed by atoms with E-state index in [-0.39, 0.29) is 38.0 Å². The molecule has 0 bridgehead atoms. The average molecular weight is 573 g/mol. The number of fused-ring (bicyclic) bond motifs is 1. The number of hydrogen-bond acceptors (Lipinski definition) is 7. The molecule has 4 rings (SSSR count). The monoisotopic (exact) mass is 572 g/mol. The normalized spacial score (nSPS) is 12.7. The van der Waals surface area contributed by atoms with Crippen LogP contribution in [0.4, 0.5) is 23.7 Å². The second-order valence-corrected chi connectivity index (χ2v) is 8.85. The highest BCUT2D eigenvalue weighted by Crippen LogP contribution is 2.32. The van der Waals surface area contributed by atoms with E-state index < -0.39 is 30.3 Å². The first-order valence-corrected chi connectivity index (χ1v) is 12.7. The van der Waals surface area contributed by atoms with E-state index in [1.807, 2.05) is 12.1 Å². The van der Waals surface area contributed by atoms with Gasteiger partial charge in [-0.25, -0.2) is 4.79 Å². The number of carbonyl (C=O) groups excluding carboxylic acids is 3. The summed E-state index contributed by atoms with van der Waals surface area (Å²) in [5.74, 6) is -0.0699. The molecule has 0 saturated heterocycles. The molecule has 3 aromatic rings. The highest BCUT2D eigenvalue weighted by atomic mass is 19.4. The van der Waals surface area contributed by atoms with Crippen molar-refractivity contribution in [2.75, 3.05) is 37.8 Å². The van der Waals surface area contributed by atoms with E-state index >= 15 is 0 Å². The van der Waals surface area contributed by atoms with Crippen molar-refractivity contribution in [2.24, 2.45) is 0 Å². The minimum atomic E-state index is -4.61.